The monoisotopic (exact) mass is 330 g/mol. The third kappa shape index (κ3) is 3.89. The molecule has 1 atom stereocenters. The summed E-state index contributed by atoms with van der Waals surface area (Å²) < 4.78 is 5.15. The molecule has 1 aromatic carbocycles. The number of hydrogen-bond donors (Lipinski definition) is 1. The van der Waals surface area contributed by atoms with Crippen LogP contribution in [0.4, 0.5) is 5.69 Å². The van der Waals surface area contributed by atoms with E-state index in [9.17, 15) is 9.59 Å². The fourth-order valence-corrected chi connectivity index (χ4v) is 3.68. The first-order chi connectivity index (χ1) is 11.7. The van der Waals surface area contributed by atoms with Crippen molar-refractivity contribution in [1.82, 2.24) is 5.32 Å². The Hall–Kier alpha value is -2.04. The lowest BCUT2D eigenvalue weighted by Crippen LogP contribution is -2.36. The standard InChI is InChI=1S/C19H26N2O3/c1-24-17-9-7-16(8-10-17)21-13-14(11-18(21)22)12-20-19(23)15-5-3-2-4-6-15/h7-10,14-15H,2-6,11-13H2,1H3,(H,20,23). The predicted molar refractivity (Wildman–Crippen MR) is 93.0 cm³/mol. The van der Waals surface area contributed by atoms with Crippen molar-refractivity contribution in [2.75, 3.05) is 25.1 Å². The quantitative estimate of drug-likeness (QED) is 0.903. The SMILES string of the molecule is COc1ccc(N2CC(CNC(=O)C3CCCCC3)CC2=O)cc1. The van der Waals surface area contributed by atoms with Gasteiger partial charge in [0.15, 0.2) is 0 Å². The zero-order chi connectivity index (χ0) is 16.9. The van der Waals surface area contributed by atoms with E-state index in [2.05, 4.69) is 5.32 Å². The number of methoxy groups -OCH3 is 1. The smallest absolute Gasteiger partial charge is 0.227 e. The van der Waals surface area contributed by atoms with Gasteiger partial charge in [0.05, 0.1) is 7.11 Å². The van der Waals surface area contributed by atoms with Gasteiger partial charge in [-0.2, -0.15) is 0 Å². The summed E-state index contributed by atoms with van der Waals surface area (Å²) in [5, 5.41) is 3.07. The highest BCUT2D eigenvalue weighted by Gasteiger charge is 2.31. The Bertz CT molecular complexity index is 579. The summed E-state index contributed by atoms with van der Waals surface area (Å²) in [6, 6.07) is 7.53. The average molecular weight is 330 g/mol. The lowest BCUT2D eigenvalue weighted by molar-refractivity contribution is -0.126. The Labute approximate surface area is 143 Å². The van der Waals surface area contributed by atoms with Crippen LogP contribution in [0.2, 0.25) is 0 Å². The highest BCUT2D eigenvalue weighted by molar-refractivity contribution is 5.95. The Kier molecular flexibility index (Phi) is 5.38. The minimum Gasteiger partial charge on any atom is -0.497 e. The first-order valence-electron chi connectivity index (χ1n) is 8.89. The second-order valence-electron chi connectivity index (χ2n) is 6.85. The molecule has 130 valence electrons. The van der Waals surface area contributed by atoms with Crippen LogP contribution >= 0.6 is 0 Å². The molecule has 1 saturated heterocycles. The predicted octanol–water partition coefficient (Wildman–Crippen LogP) is 2.74. The van der Waals surface area contributed by atoms with E-state index in [1.54, 1.807) is 12.0 Å². The van der Waals surface area contributed by atoms with Gasteiger partial charge < -0.3 is 15.0 Å². The summed E-state index contributed by atoms with van der Waals surface area (Å²) in [4.78, 5) is 26.3. The molecule has 2 fully saturated rings. The highest BCUT2D eigenvalue weighted by atomic mass is 16.5. The van der Waals surface area contributed by atoms with Crippen LogP contribution in [0.1, 0.15) is 38.5 Å². The average Bonchev–Trinajstić information content (AvgIpc) is 3.01. The molecule has 1 N–H and O–H groups in total. The highest BCUT2D eigenvalue weighted by Crippen LogP contribution is 2.27. The molecule has 2 aliphatic rings. The fraction of sp³-hybridized carbons (Fsp3) is 0.579. The van der Waals surface area contributed by atoms with Crippen LogP contribution in [0.25, 0.3) is 0 Å². The van der Waals surface area contributed by atoms with Crippen LogP contribution in [-0.2, 0) is 9.59 Å². The molecule has 1 saturated carbocycles. The summed E-state index contributed by atoms with van der Waals surface area (Å²) in [5.74, 6) is 1.43. The topological polar surface area (TPSA) is 58.6 Å². The molecule has 1 heterocycles. The van der Waals surface area contributed by atoms with Crippen molar-refractivity contribution in [3.63, 3.8) is 0 Å². The molecule has 1 unspecified atom stereocenters. The molecule has 1 aromatic rings. The summed E-state index contributed by atoms with van der Waals surface area (Å²) in [6.07, 6.45) is 6.08. The zero-order valence-corrected chi connectivity index (χ0v) is 14.3. The molecule has 0 radical (unpaired) electrons. The van der Waals surface area contributed by atoms with Crippen molar-refractivity contribution in [2.24, 2.45) is 11.8 Å². The van der Waals surface area contributed by atoms with Gasteiger partial charge in [-0.3, -0.25) is 9.59 Å². The number of rotatable bonds is 5. The second-order valence-corrected chi connectivity index (χ2v) is 6.85. The molecule has 5 heteroatoms. The number of carbonyl (C=O) groups is 2. The number of nitrogens with one attached hydrogen (secondary N) is 1. The van der Waals surface area contributed by atoms with Crippen molar-refractivity contribution in [3.8, 4) is 5.75 Å². The van der Waals surface area contributed by atoms with Crippen molar-refractivity contribution in [3.05, 3.63) is 24.3 Å². The van der Waals surface area contributed by atoms with Gasteiger partial charge in [0.2, 0.25) is 11.8 Å². The zero-order valence-electron chi connectivity index (χ0n) is 14.3. The summed E-state index contributed by atoms with van der Waals surface area (Å²) in [6.45, 7) is 1.25. The van der Waals surface area contributed by atoms with Crippen molar-refractivity contribution >= 4 is 17.5 Å². The summed E-state index contributed by atoms with van der Waals surface area (Å²) in [7, 11) is 1.63. The van der Waals surface area contributed by atoms with Gasteiger partial charge in [0.1, 0.15) is 5.75 Å². The van der Waals surface area contributed by atoms with Gasteiger partial charge in [-0.1, -0.05) is 19.3 Å². The maximum atomic E-state index is 12.3. The van der Waals surface area contributed by atoms with Crippen molar-refractivity contribution in [2.45, 2.75) is 38.5 Å². The lowest BCUT2D eigenvalue weighted by atomic mass is 9.88. The first-order valence-corrected chi connectivity index (χ1v) is 8.89. The molecular weight excluding hydrogens is 304 g/mol. The lowest BCUT2D eigenvalue weighted by Gasteiger charge is -2.22. The van der Waals surface area contributed by atoms with Crippen LogP contribution in [0.15, 0.2) is 24.3 Å². The molecule has 2 amide bonds. The number of anilines is 1. The van der Waals surface area contributed by atoms with E-state index in [0.717, 1.165) is 37.1 Å². The number of nitrogens with zero attached hydrogens (tertiary/aromatic N) is 1. The Morgan fingerprint density at radius 3 is 2.58 bits per heavy atom. The number of amides is 2. The van der Waals surface area contributed by atoms with Crippen molar-refractivity contribution < 1.29 is 14.3 Å². The minimum atomic E-state index is 0.122. The fourth-order valence-electron chi connectivity index (χ4n) is 3.68. The van der Waals surface area contributed by atoms with E-state index in [0.29, 0.717) is 19.5 Å². The number of carbonyl (C=O) groups excluding carboxylic acids is 2. The molecular formula is C19H26N2O3. The number of hydrogen-bond acceptors (Lipinski definition) is 3. The van der Waals surface area contributed by atoms with Gasteiger partial charge in [-0.05, 0) is 37.1 Å². The first kappa shape index (κ1) is 16.8. The third-order valence-electron chi connectivity index (χ3n) is 5.13. The van der Waals surface area contributed by atoms with E-state index >= 15 is 0 Å². The maximum Gasteiger partial charge on any atom is 0.227 e. The minimum absolute atomic E-state index is 0.122. The van der Waals surface area contributed by atoms with Crippen LogP contribution in [0.5, 0.6) is 5.75 Å². The Morgan fingerprint density at radius 1 is 1.21 bits per heavy atom. The second kappa shape index (κ2) is 7.69. The summed E-state index contributed by atoms with van der Waals surface area (Å²) >= 11 is 0. The van der Waals surface area contributed by atoms with E-state index < -0.39 is 0 Å². The molecule has 5 nitrogen and oxygen atoms in total. The number of benzene rings is 1. The molecule has 1 aliphatic carbocycles. The molecule has 0 bridgehead atoms. The van der Waals surface area contributed by atoms with E-state index in [-0.39, 0.29) is 23.7 Å². The normalized spacial score (nSPS) is 21.8. The van der Waals surface area contributed by atoms with Gasteiger partial charge in [-0.25, -0.2) is 0 Å². The van der Waals surface area contributed by atoms with E-state index in [1.807, 2.05) is 24.3 Å². The van der Waals surface area contributed by atoms with Crippen LogP contribution in [0.3, 0.4) is 0 Å². The van der Waals surface area contributed by atoms with Gasteiger partial charge in [-0.15, -0.1) is 0 Å². The third-order valence-corrected chi connectivity index (χ3v) is 5.13. The summed E-state index contributed by atoms with van der Waals surface area (Å²) in [5.41, 5.74) is 0.891. The molecule has 3 rings (SSSR count). The number of ether oxygens (including phenoxy) is 1. The van der Waals surface area contributed by atoms with Crippen LogP contribution in [-0.4, -0.2) is 32.0 Å². The molecule has 24 heavy (non-hydrogen) atoms. The Morgan fingerprint density at radius 2 is 1.92 bits per heavy atom. The van der Waals surface area contributed by atoms with E-state index in [4.69, 9.17) is 4.74 Å². The van der Waals surface area contributed by atoms with Crippen molar-refractivity contribution in [1.29, 1.82) is 0 Å². The van der Waals surface area contributed by atoms with Gasteiger partial charge in [0, 0.05) is 37.0 Å². The molecule has 0 aromatic heterocycles. The van der Waals surface area contributed by atoms with E-state index in [1.165, 1.54) is 6.42 Å². The van der Waals surface area contributed by atoms with Crippen LogP contribution < -0.4 is 15.0 Å². The Balaban J connectivity index is 1.51. The van der Waals surface area contributed by atoms with Crippen LogP contribution in [0, 0.1) is 11.8 Å². The van der Waals surface area contributed by atoms with Gasteiger partial charge >= 0.3 is 0 Å². The van der Waals surface area contributed by atoms with Gasteiger partial charge in [0.25, 0.3) is 0 Å². The maximum absolute atomic E-state index is 12.3. The molecule has 1 aliphatic heterocycles. The molecule has 0 spiro atoms. The largest absolute Gasteiger partial charge is 0.497 e.